The third-order valence-electron chi connectivity index (χ3n) is 2.80. The first kappa shape index (κ1) is 14.0. The van der Waals surface area contributed by atoms with E-state index in [1.165, 1.54) is 0 Å². The fraction of sp³-hybridized carbons (Fsp3) is 0.500. The summed E-state index contributed by atoms with van der Waals surface area (Å²) < 4.78 is 0. The minimum absolute atomic E-state index is 0.0656. The number of carbonyl (C=O) groups excluding carboxylic acids is 1. The van der Waals surface area contributed by atoms with Crippen LogP contribution >= 0.6 is 0 Å². The molecule has 2 aromatic rings. The second-order valence-corrected chi connectivity index (χ2v) is 4.40. The third kappa shape index (κ3) is 2.95. The Morgan fingerprint density at radius 1 is 1.45 bits per heavy atom. The Bertz CT molecular complexity index is 595. The van der Waals surface area contributed by atoms with Crippen LogP contribution < -0.4 is 16.0 Å². The Hall–Kier alpha value is -2.38. The van der Waals surface area contributed by atoms with Crippen molar-refractivity contribution in [3.63, 3.8) is 0 Å². The number of fused-ring (bicyclic) bond motifs is 1. The van der Waals surface area contributed by atoms with Crippen LogP contribution in [0.3, 0.4) is 0 Å². The molecule has 20 heavy (non-hydrogen) atoms. The monoisotopic (exact) mass is 277 g/mol. The average Bonchev–Trinajstić information content (AvgIpc) is 2.92. The van der Waals surface area contributed by atoms with Gasteiger partial charge in [-0.25, -0.2) is 4.98 Å². The molecule has 8 heteroatoms. The van der Waals surface area contributed by atoms with Gasteiger partial charge in [-0.15, -0.1) is 0 Å². The van der Waals surface area contributed by atoms with Gasteiger partial charge >= 0.3 is 0 Å². The fourth-order valence-corrected chi connectivity index (χ4v) is 1.72. The Balaban J connectivity index is 2.19. The number of hydrogen-bond acceptors (Lipinski definition) is 6. The molecule has 0 bridgehead atoms. The molecule has 2 heterocycles. The molecule has 1 atom stereocenters. The molecule has 1 unspecified atom stereocenters. The molecule has 0 aliphatic heterocycles. The maximum atomic E-state index is 11.9. The summed E-state index contributed by atoms with van der Waals surface area (Å²) in [5.74, 6) is 0.938. The van der Waals surface area contributed by atoms with Crippen LogP contribution in [0.4, 0.5) is 11.8 Å². The maximum Gasteiger partial charge on any atom is 0.242 e. The Kier molecular flexibility index (Phi) is 4.34. The van der Waals surface area contributed by atoms with E-state index in [0.29, 0.717) is 29.5 Å². The zero-order chi connectivity index (χ0) is 14.5. The number of carbonyl (C=O) groups is 1. The Morgan fingerprint density at radius 3 is 2.95 bits per heavy atom. The van der Waals surface area contributed by atoms with Gasteiger partial charge in [-0.05, 0) is 13.3 Å². The van der Waals surface area contributed by atoms with Crippen molar-refractivity contribution in [1.82, 2.24) is 25.3 Å². The molecule has 0 radical (unpaired) electrons. The molecular formula is C12H19N7O. The van der Waals surface area contributed by atoms with Crippen LogP contribution in [0, 0.1) is 0 Å². The maximum absolute atomic E-state index is 11.9. The first-order valence-corrected chi connectivity index (χ1v) is 6.58. The van der Waals surface area contributed by atoms with Crippen molar-refractivity contribution < 1.29 is 4.79 Å². The first-order chi connectivity index (χ1) is 9.65. The number of aromatic nitrogens is 4. The first-order valence-electron chi connectivity index (χ1n) is 6.58. The van der Waals surface area contributed by atoms with Crippen LogP contribution in [0.15, 0.2) is 6.33 Å². The quantitative estimate of drug-likeness (QED) is 0.620. The van der Waals surface area contributed by atoms with E-state index in [2.05, 4.69) is 35.9 Å². The van der Waals surface area contributed by atoms with Gasteiger partial charge in [0, 0.05) is 13.6 Å². The number of nitrogens with one attached hydrogen (secondary N) is 4. The van der Waals surface area contributed by atoms with Crippen molar-refractivity contribution in [2.45, 2.75) is 26.3 Å². The molecule has 0 fully saturated rings. The van der Waals surface area contributed by atoms with E-state index in [1.54, 1.807) is 20.3 Å². The number of imidazole rings is 1. The van der Waals surface area contributed by atoms with Gasteiger partial charge in [0.15, 0.2) is 11.5 Å². The van der Waals surface area contributed by atoms with Crippen molar-refractivity contribution in [2.75, 3.05) is 24.2 Å². The van der Waals surface area contributed by atoms with Crippen molar-refractivity contribution >= 4 is 28.8 Å². The molecule has 0 aliphatic carbocycles. The summed E-state index contributed by atoms with van der Waals surface area (Å²) in [7, 11) is 1.73. The van der Waals surface area contributed by atoms with Crippen molar-refractivity contribution in [3.8, 4) is 0 Å². The molecule has 0 aromatic carbocycles. The van der Waals surface area contributed by atoms with E-state index in [4.69, 9.17) is 0 Å². The smallest absolute Gasteiger partial charge is 0.242 e. The highest BCUT2D eigenvalue weighted by molar-refractivity contribution is 5.89. The van der Waals surface area contributed by atoms with Gasteiger partial charge in [-0.1, -0.05) is 6.92 Å². The molecule has 2 rings (SSSR count). The number of amides is 1. The Labute approximate surface area is 116 Å². The third-order valence-corrected chi connectivity index (χ3v) is 2.80. The second-order valence-electron chi connectivity index (χ2n) is 4.40. The highest BCUT2D eigenvalue weighted by Crippen LogP contribution is 2.19. The summed E-state index contributed by atoms with van der Waals surface area (Å²) in [6.07, 6.45) is 2.45. The molecule has 1 amide bonds. The summed E-state index contributed by atoms with van der Waals surface area (Å²) in [6, 6.07) is -0.396. The molecular weight excluding hydrogens is 258 g/mol. The SMILES string of the molecule is CCCNC(=O)C(C)Nc1nc(NC)nc2nc[nH]c12. The highest BCUT2D eigenvalue weighted by Gasteiger charge is 2.16. The zero-order valence-corrected chi connectivity index (χ0v) is 11.8. The predicted molar refractivity (Wildman–Crippen MR) is 77.6 cm³/mol. The van der Waals surface area contributed by atoms with Crippen molar-refractivity contribution in [3.05, 3.63) is 6.33 Å². The van der Waals surface area contributed by atoms with Crippen LogP contribution in [0.2, 0.25) is 0 Å². The molecule has 0 spiro atoms. The molecule has 8 nitrogen and oxygen atoms in total. The summed E-state index contributed by atoms with van der Waals surface area (Å²) in [5, 5.41) is 8.79. The lowest BCUT2D eigenvalue weighted by molar-refractivity contribution is -0.121. The number of H-pyrrole nitrogens is 1. The fourth-order valence-electron chi connectivity index (χ4n) is 1.72. The van der Waals surface area contributed by atoms with E-state index >= 15 is 0 Å². The van der Waals surface area contributed by atoms with Crippen LogP contribution in [0.25, 0.3) is 11.2 Å². The Morgan fingerprint density at radius 2 is 2.25 bits per heavy atom. The van der Waals surface area contributed by atoms with Gasteiger partial charge in [-0.3, -0.25) is 4.79 Å². The standard InChI is InChI=1S/C12H19N7O/c1-4-5-14-11(20)7(2)17-10-8-9(16-6-15-8)18-12(13-3)19-10/h6-7H,4-5H2,1-3H3,(H,14,20)(H3,13,15,16,17,18,19). The molecule has 108 valence electrons. The molecule has 0 saturated heterocycles. The van der Waals surface area contributed by atoms with Crippen LogP contribution in [0.5, 0.6) is 0 Å². The second kappa shape index (κ2) is 6.18. The lowest BCUT2D eigenvalue weighted by Gasteiger charge is -2.15. The van der Waals surface area contributed by atoms with Crippen molar-refractivity contribution in [1.29, 1.82) is 0 Å². The van der Waals surface area contributed by atoms with Gasteiger partial charge in [-0.2, -0.15) is 9.97 Å². The summed E-state index contributed by atoms with van der Waals surface area (Å²) in [4.78, 5) is 27.5. The number of hydrogen-bond donors (Lipinski definition) is 4. The zero-order valence-electron chi connectivity index (χ0n) is 11.8. The van der Waals surface area contributed by atoms with Gasteiger partial charge in [0.25, 0.3) is 0 Å². The van der Waals surface area contributed by atoms with Crippen LogP contribution in [-0.4, -0.2) is 45.5 Å². The summed E-state index contributed by atoms with van der Waals surface area (Å²) in [5.41, 5.74) is 1.23. The molecule has 0 saturated carbocycles. The largest absolute Gasteiger partial charge is 0.357 e. The topological polar surface area (TPSA) is 108 Å². The highest BCUT2D eigenvalue weighted by atomic mass is 16.2. The number of anilines is 2. The minimum atomic E-state index is -0.396. The van der Waals surface area contributed by atoms with Gasteiger partial charge < -0.3 is 20.9 Å². The lowest BCUT2D eigenvalue weighted by atomic mass is 10.3. The normalized spacial score (nSPS) is 12.2. The summed E-state index contributed by atoms with van der Waals surface area (Å²) >= 11 is 0. The van der Waals surface area contributed by atoms with Gasteiger partial charge in [0.1, 0.15) is 11.6 Å². The number of nitrogens with zero attached hydrogens (tertiary/aromatic N) is 3. The van der Waals surface area contributed by atoms with Crippen LogP contribution in [0.1, 0.15) is 20.3 Å². The van der Waals surface area contributed by atoms with Gasteiger partial charge in [0.2, 0.25) is 11.9 Å². The lowest BCUT2D eigenvalue weighted by Crippen LogP contribution is -2.38. The number of aromatic amines is 1. The number of rotatable bonds is 6. The van der Waals surface area contributed by atoms with Crippen molar-refractivity contribution in [2.24, 2.45) is 0 Å². The van der Waals surface area contributed by atoms with Crippen LogP contribution in [-0.2, 0) is 4.79 Å². The molecule has 0 aliphatic rings. The average molecular weight is 277 g/mol. The summed E-state index contributed by atoms with van der Waals surface area (Å²) in [6.45, 7) is 4.46. The molecule has 2 aromatic heterocycles. The van der Waals surface area contributed by atoms with Gasteiger partial charge in [0.05, 0.1) is 6.33 Å². The molecule has 4 N–H and O–H groups in total. The predicted octanol–water partition coefficient (Wildman–Crippen LogP) is 0.721. The van der Waals surface area contributed by atoms with E-state index < -0.39 is 6.04 Å². The minimum Gasteiger partial charge on any atom is -0.357 e. The van der Waals surface area contributed by atoms with E-state index in [9.17, 15) is 4.79 Å². The van der Waals surface area contributed by atoms with E-state index in [0.717, 1.165) is 6.42 Å². The van der Waals surface area contributed by atoms with E-state index in [1.807, 2.05) is 6.92 Å². The van der Waals surface area contributed by atoms with E-state index in [-0.39, 0.29) is 5.91 Å².